The van der Waals surface area contributed by atoms with Crippen molar-refractivity contribution in [3.8, 4) is 0 Å². The van der Waals surface area contributed by atoms with Gasteiger partial charge >= 0.3 is 0 Å². The highest BCUT2D eigenvalue weighted by molar-refractivity contribution is 5.81. The van der Waals surface area contributed by atoms with Crippen LogP contribution in [0.4, 0.5) is 0 Å². The number of hydrogen-bond donors (Lipinski definition) is 2. The predicted molar refractivity (Wildman–Crippen MR) is 58.4 cm³/mol. The van der Waals surface area contributed by atoms with Crippen LogP contribution in [0.3, 0.4) is 0 Å². The van der Waals surface area contributed by atoms with Crippen LogP contribution in [0, 0.1) is 11.3 Å². The van der Waals surface area contributed by atoms with Gasteiger partial charge in [0.25, 0.3) is 0 Å². The summed E-state index contributed by atoms with van der Waals surface area (Å²) in [7, 11) is 2.02. The molecule has 14 heavy (non-hydrogen) atoms. The van der Waals surface area contributed by atoms with Crippen molar-refractivity contribution >= 4 is 5.91 Å². The first-order valence-corrected chi connectivity index (χ1v) is 4.99. The number of hydrogen-bond acceptors (Lipinski definition) is 3. The number of carbonyl (C=O) groups is 1. The Morgan fingerprint density at radius 1 is 1.50 bits per heavy atom. The first-order chi connectivity index (χ1) is 6.29. The maximum atomic E-state index is 11.4. The van der Waals surface area contributed by atoms with E-state index in [0.717, 1.165) is 6.54 Å². The molecule has 84 valence electrons. The zero-order valence-corrected chi connectivity index (χ0v) is 9.92. The Balaban J connectivity index is 4.14. The molecule has 4 nitrogen and oxygen atoms in total. The third kappa shape index (κ3) is 4.58. The van der Waals surface area contributed by atoms with Crippen LogP contribution >= 0.6 is 0 Å². The van der Waals surface area contributed by atoms with E-state index in [0.29, 0.717) is 12.5 Å². The van der Waals surface area contributed by atoms with Gasteiger partial charge in [-0.3, -0.25) is 10.2 Å². The molecular weight excluding hydrogens is 178 g/mol. The lowest BCUT2D eigenvalue weighted by Crippen LogP contribution is -2.47. The molecular formula is C10H23N3O. The highest BCUT2D eigenvalue weighted by Crippen LogP contribution is 2.16. The Hall–Kier alpha value is -0.610. The molecule has 0 saturated heterocycles. The van der Waals surface area contributed by atoms with E-state index in [1.807, 2.05) is 20.9 Å². The molecule has 0 aromatic carbocycles. The summed E-state index contributed by atoms with van der Waals surface area (Å²) in [6.07, 6.45) is 0. The number of carbonyl (C=O) groups excluding carboxylic acids is 1. The van der Waals surface area contributed by atoms with Crippen LogP contribution in [0.1, 0.15) is 27.7 Å². The van der Waals surface area contributed by atoms with Crippen molar-refractivity contribution in [3.05, 3.63) is 0 Å². The summed E-state index contributed by atoms with van der Waals surface area (Å²) in [6, 6.07) is 0. The second-order valence-corrected chi connectivity index (χ2v) is 4.95. The molecule has 1 amide bonds. The van der Waals surface area contributed by atoms with Crippen LogP contribution in [0.2, 0.25) is 0 Å². The van der Waals surface area contributed by atoms with Crippen molar-refractivity contribution in [1.82, 2.24) is 10.3 Å². The van der Waals surface area contributed by atoms with Crippen molar-refractivity contribution in [3.63, 3.8) is 0 Å². The van der Waals surface area contributed by atoms with Crippen LogP contribution in [0.25, 0.3) is 0 Å². The molecule has 0 aliphatic carbocycles. The molecule has 0 atom stereocenters. The second kappa shape index (κ2) is 5.32. The fourth-order valence-electron chi connectivity index (χ4n) is 1.63. The Morgan fingerprint density at radius 3 is 2.36 bits per heavy atom. The number of rotatable bonds is 5. The third-order valence-electron chi connectivity index (χ3n) is 2.09. The van der Waals surface area contributed by atoms with Gasteiger partial charge in [-0.05, 0) is 26.8 Å². The van der Waals surface area contributed by atoms with Gasteiger partial charge in [-0.2, -0.15) is 0 Å². The highest BCUT2D eigenvalue weighted by atomic mass is 16.2. The lowest BCUT2D eigenvalue weighted by Gasteiger charge is -2.29. The molecule has 0 aliphatic rings. The van der Waals surface area contributed by atoms with E-state index >= 15 is 0 Å². The molecule has 0 aromatic rings. The topological polar surface area (TPSA) is 58.4 Å². The van der Waals surface area contributed by atoms with Gasteiger partial charge in [-0.1, -0.05) is 13.8 Å². The first kappa shape index (κ1) is 13.4. The van der Waals surface area contributed by atoms with E-state index in [2.05, 4.69) is 24.2 Å². The summed E-state index contributed by atoms with van der Waals surface area (Å²) in [5.74, 6) is 5.61. The lowest BCUT2D eigenvalue weighted by molar-refractivity contribution is -0.130. The highest BCUT2D eigenvalue weighted by Gasteiger charge is 2.28. The van der Waals surface area contributed by atoms with Gasteiger partial charge in [0.15, 0.2) is 0 Å². The third-order valence-corrected chi connectivity index (χ3v) is 2.09. The van der Waals surface area contributed by atoms with Crippen molar-refractivity contribution in [1.29, 1.82) is 0 Å². The molecule has 0 unspecified atom stereocenters. The number of nitrogens with two attached hydrogens (primary N) is 1. The molecule has 0 spiro atoms. The average molecular weight is 201 g/mol. The lowest BCUT2D eigenvalue weighted by atomic mass is 9.91. The SMILES string of the molecule is CC(C)CN(C)CC(C)(C)C(=O)NN. The molecule has 0 fully saturated rings. The molecule has 0 radical (unpaired) electrons. The van der Waals surface area contributed by atoms with Gasteiger partial charge in [-0.15, -0.1) is 0 Å². The Kier molecular flexibility index (Phi) is 5.08. The minimum atomic E-state index is -0.432. The summed E-state index contributed by atoms with van der Waals surface area (Å²) in [5, 5.41) is 0. The number of nitrogens with one attached hydrogen (secondary N) is 1. The summed E-state index contributed by atoms with van der Waals surface area (Å²) in [4.78, 5) is 13.5. The van der Waals surface area contributed by atoms with Crippen LogP contribution in [0.5, 0.6) is 0 Å². The van der Waals surface area contributed by atoms with Gasteiger partial charge in [0.1, 0.15) is 0 Å². The van der Waals surface area contributed by atoms with Crippen molar-refractivity contribution in [2.75, 3.05) is 20.1 Å². The quantitative estimate of drug-likeness (QED) is 0.389. The zero-order chi connectivity index (χ0) is 11.4. The van der Waals surface area contributed by atoms with Gasteiger partial charge < -0.3 is 4.90 Å². The summed E-state index contributed by atoms with van der Waals surface area (Å²) in [6.45, 7) is 9.81. The van der Waals surface area contributed by atoms with Crippen LogP contribution in [-0.4, -0.2) is 30.9 Å². The van der Waals surface area contributed by atoms with E-state index in [9.17, 15) is 4.79 Å². The Morgan fingerprint density at radius 2 is 2.00 bits per heavy atom. The van der Waals surface area contributed by atoms with Gasteiger partial charge in [0.05, 0.1) is 5.41 Å². The number of nitrogens with zero attached hydrogens (tertiary/aromatic N) is 1. The van der Waals surface area contributed by atoms with E-state index in [4.69, 9.17) is 5.84 Å². The monoisotopic (exact) mass is 201 g/mol. The average Bonchev–Trinajstić information content (AvgIpc) is 1.99. The van der Waals surface area contributed by atoms with Crippen molar-refractivity contribution in [2.24, 2.45) is 17.2 Å². The molecule has 0 rings (SSSR count). The second-order valence-electron chi connectivity index (χ2n) is 4.95. The first-order valence-electron chi connectivity index (χ1n) is 4.99. The fraction of sp³-hybridized carbons (Fsp3) is 0.900. The van der Waals surface area contributed by atoms with Crippen molar-refractivity contribution in [2.45, 2.75) is 27.7 Å². The van der Waals surface area contributed by atoms with Crippen LogP contribution < -0.4 is 11.3 Å². The van der Waals surface area contributed by atoms with E-state index in [-0.39, 0.29) is 5.91 Å². The van der Waals surface area contributed by atoms with E-state index < -0.39 is 5.41 Å². The molecule has 4 heteroatoms. The maximum absolute atomic E-state index is 11.4. The van der Waals surface area contributed by atoms with Gasteiger partial charge in [0.2, 0.25) is 5.91 Å². The number of amides is 1. The van der Waals surface area contributed by atoms with Crippen molar-refractivity contribution < 1.29 is 4.79 Å². The Labute approximate surface area is 86.8 Å². The molecule has 0 aromatic heterocycles. The maximum Gasteiger partial charge on any atom is 0.240 e. The largest absolute Gasteiger partial charge is 0.305 e. The summed E-state index contributed by atoms with van der Waals surface area (Å²) >= 11 is 0. The van der Waals surface area contributed by atoms with E-state index in [1.54, 1.807) is 0 Å². The molecule has 3 N–H and O–H groups in total. The fourth-order valence-corrected chi connectivity index (χ4v) is 1.63. The zero-order valence-electron chi connectivity index (χ0n) is 9.92. The molecule has 0 bridgehead atoms. The number of hydrazine groups is 1. The Bertz CT molecular complexity index is 190. The predicted octanol–water partition coefficient (Wildman–Crippen LogP) is 0.590. The van der Waals surface area contributed by atoms with Crippen LogP contribution in [0.15, 0.2) is 0 Å². The standard InChI is InChI=1S/C10H23N3O/c1-8(2)6-13(5)7-10(3,4)9(14)12-11/h8H,6-7,11H2,1-5H3,(H,12,14). The molecule has 0 heterocycles. The van der Waals surface area contributed by atoms with E-state index in [1.165, 1.54) is 0 Å². The smallest absolute Gasteiger partial charge is 0.240 e. The summed E-state index contributed by atoms with van der Waals surface area (Å²) in [5.41, 5.74) is 1.77. The summed E-state index contributed by atoms with van der Waals surface area (Å²) < 4.78 is 0. The minimum Gasteiger partial charge on any atom is -0.305 e. The molecule has 0 aliphatic heterocycles. The van der Waals surface area contributed by atoms with Gasteiger partial charge in [0, 0.05) is 13.1 Å². The van der Waals surface area contributed by atoms with Gasteiger partial charge in [-0.25, -0.2) is 5.84 Å². The minimum absolute atomic E-state index is 0.117. The van der Waals surface area contributed by atoms with Crippen LogP contribution in [-0.2, 0) is 4.79 Å². The molecule has 0 saturated carbocycles. The normalized spacial score (nSPS) is 12.3.